The van der Waals surface area contributed by atoms with Crippen LogP contribution < -0.4 is 20.9 Å². The van der Waals surface area contributed by atoms with Gasteiger partial charge in [-0.1, -0.05) is 23.7 Å². The Morgan fingerprint density at radius 1 is 1.13 bits per heavy atom. The Morgan fingerprint density at radius 2 is 1.89 bits per heavy atom. The topological polar surface area (TPSA) is 129 Å². The molecule has 2 aromatic carbocycles. The molecule has 236 valence electrons. The Bertz CT molecular complexity index is 1820. The molecule has 4 aromatic rings. The summed E-state index contributed by atoms with van der Waals surface area (Å²) in [6.45, 7) is 2.35. The third kappa shape index (κ3) is 6.68. The van der Waals surface area contributed by atoms with E-state index in [1.807, 2.05) is 0 Å². The summed E-state index contributed by atoms with van der Waals surface area (Å²) in [5.74, 6) is -2.02. The zero-order valence-corrected chi connectivity index (χ0v) is 24.4. The lowest BCUT2D eigenvalue weighted by atomic mass is 10.0. The summed E-state index contributed by atoms with van der Waals surface area (Å²) in [5.41, 5.74) is -1.50. The van der Waals surface area contributed by atoms with E-state index >= 15 is 0 Å². The summed E-state index contributed by atoms with van der Waals surface area (Å²) < 4.78 is 66.8. The van der Waals surface area contributed by atoms with Gasteiger partial charge in [0.05, 0.1) is 50.0 Å². The first-order chi connectivity index (χ1) is 21.4. The smallest absolute Gasteiger partial charge is 0.436 e. The van der Waals surface area contributed by atoms with E-state index in [9.17, 15) is 31.9 Å². The van der Waals surface area contributed by atoms with Crippen LogP contribution in [0.5, 0.6) is 5.75 Å². The Hall–Kier alpha value is -4.76. The highest BCUT2D eigenvalue weighted by Gasteiger charge is 2.35. The number of hydrogen-bond acceptors (Lipinski definition) is 7. The molecule has 2 aromatic heterocycles. The highest BCUT2D eigenvalue weighted by Crippen LogP contribution is 2.36. The Kier molecular flexibility index (Phi) is 8.93. The molecular formula is C29H25ClF4N6O5. The van der Waals surface area contributed by atoms with Crippen LogP contribution in [0.25, 0.3) is 16.8 Å². The number of benzene rings is 2. The van der Waals surface area contributed by atoms with Gasteiger partial charge >= 0.3 is 6.18 Å². The number of pyridine rings is 1. The SMILES string of the molecule is CC[C@@H](C(=O)Nc1ccc(C(=O)NC2COC2)c(F)c1)n1cc(OC)c(-c2cc(Cl)ccc2-n2cc(C(F)(F)F)nn2)cc1=O. The molecule has 5 rings (SSSR count). The molecule has 1 saturated heterocycles. The standard InChI is InChI=1S/C29H25ClF4N6O5/c1-3-22(28(43)35-16-5-6-18(21(31)9-16)27(42)36-17-13-45-14-17)39-11-24(44-2)20(10-26(39)41)19-8-15(30)4-7-23(19)40-12-25(37-38-40)29(32,33)34/h4-12,17,22H,3,13-14H2,1-2H3,(H,35,43)(H,36,42)/t22-/m0/s1. The molecule has 0 spiro atoms. The lowest BCUT2D eigenvalue weighted by Crippen LogP contribution is -2.48. The van der Waals surface area contributed by atoms with Crippen molar-refractivity contribution in [2.24, 2.45) is 0 Å². The third-order valence-electron chi connectivity index (χ3n) is 7.02. The Balaban J connectivity index is 1.44. The quantitative estimate of drug-likeness (QED) is 0.253. The second kappa shape index (κ2) is 12.7. The zero-order valence-electron chi connectivity index (χ0n) is 23.7. The number of nitrogens with zero attached hydrogens (tertiary/aromatic N) is 4. The van der Waals surface area contributed by atoms with Crippen LogP contribution in [0.4, 0.5) is 23.2 Å². The van der Waals surface area contributed by atoms with Gasteiger partial charge in [-0.2, -0.15) is 13.2 Å². The molecule has 16 heteroatoms. The molecule has 0 bridgehead atoms. The van der Waals surface area contributed by atoms with Gasteiger partial charge < -0.3 is 20.1 Å². The van der Waals surface area contributed by atoms with E-state index in [1.165, 1.54) is 43.6 Å². The number of ether oxygens (including phenoxy) is 2. The van der Waals surface area contributed by atoms with Crippen molar-refractivity contribution in [1.29, 1.82) is 0 Å². The van der Waals surface area contributed by atoms with Gasteiger partial charge in [-0.15, -0.1) is 5.10 Å². The fourth-order valence-corrected chi connectivity index (χ4v) is 4.85. The maximum Gasteiger partial charge on any atom is 0.436 e. The number of aromatic nitrogens is 4. The molecule has 2 amide bonds. The molecular weight excluding hydrogens is 624 g/mol. The number of amides is 2. The van der Waals surface area contributed by atoms with Gasteiger partial charge in [0.1, 0.15) is 17.6 Å². The van der Waals surface area contributed by atoms with Crippen molar-refractivity contribution in [3.05, 3.63) is 87.3 Å². The first-order valence-electron chi connectivity index (χ1n) is 13.5. The number of methoxy groups -OCH3 is 1. The van der Waals surface area contributed by atoms with E-state index in [0.29, 0.717) is 19.4 Å². The van der Waals surface area contributed by atoms with Crippen LogP contribution >= 0.6 is 11.6 Å². The number of carbonyl (C=O) groups is 2. The van der Waals surface area contributed by atoms with E-state index in [2.05, 4.69) is 20.9 Å². The molecule has 11 nitrogen and oxygen atoms in total. The molecule has 1 atom stereocenters. The van der Waals surface area contributed by atoms with Crippen LogP contribution in [0.2, 0.25) is 5.02 Å². The average Bonchev–Trinajstić information content (AvgIpc) is 3.47. The van der Waals surface area contributed by atoms with Crippen LogP contribution in [0.1, 0.15) is 35.4 Å². The number of halogens is 5. The van der Waals surface area contributed by atoms with E-state index in [4.69, 9.17) is 21.1 Å². The second-order valence-electron chi connectivity index (χ2n) is 10.0. The number of hydrogen-bond donors (Lipinski definition) is 2. The normalized spacial score (nSPS) is 14.0. The second-order valence-corrected chi connectivity index (χ2v) is 10.5. The van der Waals surface area contributed by atoms with Gasteiger partial charge in [0.15, 0.2) is 5.69 Å². The third-order valence-corrected chi connectivity index (χ3v) is 7.26. The van der Waals surface area contributed by atoms with Gasteiger partial charge in [-0.3, -0.25) is 19.0 Å². The highest BCUT2D eigenvalue weighted by atomic mass is 35.5. The minimum absolute atomic E-state index is 0.0609. The van der Waals surface area contributed by atoms with Crippen molar-refractivity contribution >= 4 is 29.1 Å². The molecule has 2 N–H and O–H groups in total. The first-order valence-corrected chi connectivity index (χ1v) is 13.9. The van der Waals surface area contributed by atoms with E-state index in [1.54, 1.807) is 6.92 Å². The predicted octanol–water partition coefficient (Wildman–Crippen LogP) is 4.63. The van der Waals surface area contributed by atoms with Crippen molar-refractivity contribution in [2.75, 3.05) is 25.6 Å². The average molecular weight is 649 g/mol. The highest BCUT2D eigenvalue weighted by molar-refractivity contribution is 6.31. The lowest BCUT2D eigenvalue weighted by molar-refractivity contribution is -0.141. The molecule has 1 aliphatic heterocycles. The zero-order chi connectivity index (χ0) is 32.5. The van der Waals surface area contributed by atoms with Crippen LogP contribution in [-0.2, 0) is 15.7 Å². The maximum absolute atomic E-state index is 14.8. The van der Waals surface area contributed by atoms with Crippen molar-refractivity contribution in [1.82, 2.24) is 24.9 Å². The molecule has 0 radical (unpaired) electrons. The summed E-state index contributed by atoms with van der Waals surface area (Å²) in [5, 5.41) is 12.2. The minimum atomic E-state index is -4.73. The summed E-state index contributed by atoms with van der Waals surface area (Å²) in [6.07, 6.45) is -2.60. The van der Waals surface area contributed by atoms with E-state index in [-0.39, 0.29) is 51.3 Å². The fourth-order valence-electron chi connectivity index (χ4n) is 4.67. The van der Waals surface area contributed by atoms with Crippen LogP contribution in [-0.4, -0.2) is 57.7 Å². The number of carbonyl (C=O) groups excluding carboxylic acids is 2. The Morgan fingerprint density at radius 3 is 2.49 bits per heavy atom. The number of anilines is 1. The van der Waals surface area contributed by atoms with E-state index < -0.39 is 41.1 Å². The molecule has 3 heterocycles. The molecule has 1 aliphatic rings. The minimum Gasteiger partial charge on any atom is -0.495 e. The summed E-state index contributed by atoms with van der Waals surface area (Å²) >= 11 is 6.20. The van der Waals surface area contributed by atoms with Crippen LogP contribution in [0.3, 0.4) is 0 Å². The lowest BCUT2D eigenvalue weighted by Gasteiger charge is -2.26. The largest absolute Gasteiger partial charge is 0.495 e. The number of alkyl halides is 3. The first kappa shape index (κ1) is 31.7. The van der Waals surface area contributed by atoms with Crippen LogP contribution in [0.15, 0.2) is 59.7 Å². The number of rotatable bonds is 9. The van der Waals surface area contributed by atoms with Gasteiger partial charge in [0, 0.05) is 27.9 Å². The van der Waals surface area contributed by atoms with Crippen LogP contribution in [0, 0.1) is 5.82 Å². The summed E-state index contributed by atoms with van der Waals surface area (Å²) in [6, 6.07) is 7.76. The molecule has 0 aliphatic carbocycles. The maximum atomic E-state index is 14.8. The Labute approximate surface area is 257 Å². The van der Waals surface area contributed by atoms with Gasteiger partial charge in [-0.05, 0) is 42.8 Å². The van der Waals surface area contributed by atoms with Gasteiger partial charge in [0.2, 0.25) is 5.91 Å². The van der Waals surface area contributed by atoms with Gasteiger partial charge in [-0.25, -0.2) is 9.07 Å². The molecule has 45 heavy (non-hydrogen) atoms. The molecule has 0 saturated carbocycles. The van der Waals surface area contributed by atoms with Crippen molar-refractivity contribution in [3.63, 3.8) is 0 Å². The number of nitrogens with one attached hydrogen (secondary N) is 2. The monoisotopic (exact) mass is 648 g/mol. The molecule has 0 unspecified atom stereocenters. The molecule has 1 fully saturated rings. The van der Waals surface area contributed by atoms with E-state index in [0.717, 1.165) is 21.4 Å². The summed E-state index contributed by atoms with van der Waals surface area (Å²) in [4.78, 5) is 39.0. The van der Waals surface area contributed by atoms with Crippen molar-refractivity contribution in [3.8, 4) is 22.6 Å². The van der Waals surface area contributed by atoms with Gasteiger partial charge in [0.25, 0.3) is 11.5 Å². The van der Waals surface area contributed by atoms with Crippen molar-refractivity contribution in [2.45, 2.75) is 31.6 Å². The van der Waals surface area contributed by atoms with Crippen molar-refractivity contribution < 1.29 is 36.6 Å². The predicted molar refractivity (Wildman–Crippen MR) is 154 cm³/mol. The fraction of sp³-hybridized carbons (Fsp3) is 0.276. The summed E-state index contributed by atoms with van der Waals surface area (Å²) in [7, 11) is 1.31.